The third-order valence-electron chi connectivity index (χ3n) is 5.82. The average molecular weight is 537 g/mol. The maximum absolute atomic E-state index is 13.7. The molecule has 3 aromatic rings. The van der Waals surface area contributed by atoms with Gasteiger partial charge in [0, 0.05) is 35.6 Å². The Morgan fingerprint density at radius 3 is 2.32 bits per heavy atom. The summed E-state index contributed by atoms with van der Waals surface area (Å²) in [6.07, 6.45) is -1.43. The molecule has 1 fully saturated rings. The number of aliphatic hydroxyl groups excluding tert-OH is 1. The van der Waals surface area contributed by atoms with Crippen LogP contribution in [0, 0.1) is 24.3 Å². The fraction of sp³-hybridized carbons (Fsp3) is 0.259. The maximum atomic E-state index is 13.7. The molecule has 1 aliphatic rings. The van der Waals surface area contributed by atoms with E-state index >= 15 is 0 Å². The van der Waals surface area contributed by atoms with Crippen LogP contribution in [0.5, 0.6) is 0 Å². The molecule has 4 rings (SSSR count). The first-order chi connectivity index (χ1) is 16.6. The van der Waals surface area contributed by atoms with Crippen LogP contribution >= 0.6 is 7.37 Å². The van der Waals surface area contributed by atoms with Gasteiger partial charge in [0.25, 0.3) is 0 Å². The maximum Gasteiger partial charge on any atom is 1.00 e. The van der Waals surface area contributed by atoms with E-state index in [-0.39, 0.29) is 65.0 Å². The molecular formula is C27H23FNNa2O5P. The molecule has 0 radical (unpaired) electrons. The number of benzene rings is 2. The van der Waals surface area contributed by atoms with Crippen molar-refractivity contribution in [3.63, 3.8) is 0 Å². The Morgan fingerprint density at radius 2 is 1.76 bits per heavy atom. The second-order valence-corrected chi connectivity index (χ2v) is 10.6. The molecule has 6 nitrogen and oxygen atoms in total. The minimum atomic E-state index is -4.44. The Labute approximate surface area is 259 Å². The number of hydrogen-bond donors (Lipinski definition) is 1. The van der Waals surface area contributed by atoms with Crippen LogP contribution in [0.2, 0.25) is 0 Å². The molecule has 180 valence electrons. The van der Waals surface area contributed by atoms with E-state index < -0.39 is 37.8 Å². The zero-order valence-corrected chi connectivity index (χ0v) is 25.9. The number of aromatic nitrogens is 1. The summed E-state index contributed by atoms with van der Waals surface area (Å²) < 4.78 is 26.3. The molecule has 0 saturated heterocycles. The monoisotopic (exact) mass is 537 g/mol. The van der Waals surface area contributed by atoms with Crippen molar-refractivity contribution in [3.05, 3.63) is 77.2 Å². The molecule has 2 aromatic carbocycles. The summed E-state index contributed by atoms with van der Waals surface area (Å²) in [7, 11) is -4.44. The van der Waals surface area contributed by atoms with Gasteiger partial charge in [0.2, 0.25) is 0 Å². The smallest absolute Gasteiger partial charge is 0.790 e. The van der Waals surface area contributed by atoms with Gasteiger partial charge in [0.05, 0.1) is 30.4 Å². The van der Waals surface area contributed by atoms with Gasteiger partial charge < -0.3 is 24.5 Å². The number of rotatable bonds is 7. The third kappa shape index (κ3) is 8.34. The number of halogens is 1. The summed E-state index contributed by atoms with van der Waals surface area (Å²) in [4.78, 5) is 28.2. The molecule has 0 spiro atoms. The number of carbonyl (C=O) groups excluding carboxylic acids is 1. The zero-order valence-electron chi connectivity index (χ0n) is 21.0. The van der Waals surface area contributed by atoms with E-state index in [0.717, 1.165) is 29.7 Å². The SMILES string of the molecule is Cc1c(-c2ccccc2)nc(C2CC2)c(C#CP(=O)([O-])C[C@H](O)CC(=O)[O-])c1-c1ccc(F)cc1.[Na+].[Na+]. The first-order valence-electron chi connectivity index (χ1n) is 11.2. The Morgan fingerprint density at radius 1 is 1.14 bits per heavy atom. The Kier molecular flexibility index (Phi) is 11.8. The van der Waals surface area contributed by atoms with Crippen LogP contribution in [-0.4, -0.2) is 28.3 Å². The Balaban J connectivity index is 0.00000241. The van der Waals surface area contributed by atoms with Crippen molar-refractivity contribution in [2.75, 3.05) is 6.16 Å². The van der Waals surface area contributed by atoms with Crippen LogP contribution in [0.15, 0.2) is 54.6 Å². The fourth-order valence-corrected chi connectivity index (χ4v) is 5.11. The summed E-state index contributed by atoms with van der Waals surface area (Å²) >= 11 is 0. The molecule has 37 heavy (non-hydrogen) atoms. The minimum absolute atomic E-state index is 0. The first-order valence-corrected chi connectivity index (χ1v) is 13.0. The number of carboxylic acids is 1. The van der Waals surface area contributed by atoms with Crippen molar-refractivity contribution in [2.45, 2.75) is 38.2 Å². The van der Waals surface area contributed by atoms with Gasteiger partial charge in [-0.2, -0.15) is 0 Å². The van der Waals surface area contributed by atoms with E-state index in [4.69, 9.17) is 4.98 Å². The van der Waals surface area contributed by atoms with E-state index in [1.165, 1.54) is 12.1 Å². The summed E-state index contributed by atoms with van der Waals surface area (Å²) in [5.74, 6) is 0.957. The number of carbonyl (C=O) groups is 1. The Hall–Kier alpha value is -1.30. The molecule has 0 bridgehead atoms. The van der Waals surface area contributed by atoms with E-state index in [9.17, 15) is 28.9 Å². The molecule has 1 heterocycles. The van der Waals surface area contributed by atoms with Crippen molar-refractivity contribution < 1.29 is 88.0 Å². The molecule has 1 aromatic heterocycles. The zero-order chi connectivity index (χ0) is 25.2. The molecule has 10 heteroatoms. The van der Waals surface area contributed by atoms with E-state index in [2.05, 4.69) is 11.6 Å². The quantitative estimate of drug-likeness (QED) is 0.198. The number of aliphatic hydroxyl groups is 1. The summed E-state index contributed by atoms with van der Waals surface area (Å²) in [6.45, 7) is 1.87. The summed E-state index contributed by atoms with van der Waals surface area (Å²) in [6, 6.07) is 15.5. The van der Waals surface area contributed by atoms with Gasteiger partial charge >= 0.3 is 59.1 Å². The summed E-state index contributed by atoms with van der Waals surface area (Å²) in [5, 5.41) is 20.4. The molecule has 0 amide bonds. The van der Waals surface area contributed by atoms with Crippen molar-refractivity contribution >= 4 is 13.3 Å². The van der Waals surface area contributed by atoms with Gasteiger partial charge in [0.1, 0.15) is 5.82 Å². The summed E-state index contributed by atoms with van der Waals surface area (Å²) in [5.41, 5.74) is 7.15. The molecule has 1 saturated carbocycles. The van der Waals surface area contributed by atoms with E-state index in [1.54, 1.807) is 12.1 Å². The predicted octanol–water partition coefficient (Wildman–Crippen LogP) is -2.80. The van der Waals surface area contributed by atoms with Crippen molar-refractivity contribution in [2.24, 2.45) is 0 Å². The normalized spacial score (nSPS) is 14.7. The molecule has 0 aliphatic heterocycles. The number of carboxylic acid groups (broad SMARTS) is 1. The number of hydrogen-bond acceptors (Lipinski definition) is 6. The predicted molar refractivity (Wildman–Crippen MR) is 127 cm³/mol. The molecular weight excluding hydrogens is 514 g/mol. The van der Waals surface area contributed by atoms with Crippen LogP contribution in [0.25, 0.3) is 22.4 Å². The van der Waals surface area contributed by atoms with Gasteiger partial charge in [-0.25, -0.2) is 4.39 Å². The second kappa shape index (κ2) is 13.7. The van der Waals surface area contributed by atoms with E-state index in [0.29, 0.717) is 22.4 Å². The molecule has 1 unspecified atom stereocenters. The van der Waals surface area contributed by atoms with Crippen LogP contribution in [0.3, 0.4) is 0 Å². The first kappa shape index (κ1) is 31.9. The van der Waals surface area contributed by atoms with Crippen molar-refractivity contribution in [1.29, 1.82) is 0 Å². The van der Waals surface area contributed by atoms with Gasteiger partial charge in [-0.05, 0) is 48.7 Å². The van der Waals surface area contributed by atoms with Crippen LogP contribution in [-0.2, 0) is 9.36 Å². The second-order valence-electron chi connectivity index (χ2n) is 8.69. The molecule has 2 atom stereocenters. The van der Waals surface area contributed by atoms with Gasteiger partial charge in [-0.1, -0.05) is 48.4 Å². The van der Waals surface area contributed by atoms with Crippen molar-refractivity contribution in [3.8, 4) is 34.0 Å². The van der Waals surface area contributed by atoms with Crippen LogP contribution in [0.4, 0.5) is 4.39 Å². The average Bonchev–Trinajstić information content (AvgIpc) is 3.63. The standard InChI is InChI=1S/C27H25FNO5P.2Na/c1-17-25(18-9-11-21(28)12-10-18)23(13-14-35(33,34)16-22(30)15-24(31)32)27(20-7-8-20)29-26(17)19-5-3-2-4-6-19;;/h2-6,9-12,20,22,30H,7-8,15-16H2,1H3,(H,31,32)(H,33,34);;/q;2*+1/p-2/t22-;;/m1../s1. The fourth-order valence-electron chi connectivity index (χ4n) is 4.05. The number of aliphatic carboxylic acids is 1. The van der Waals surface area contributed by atoms with Crippen LogP contribution in [0.1, 0.15) is 42.0 Å². The number of pyridine rings is 1. The molecule has 1 N–H and O–H groups in total. The molecule has 1 aliphatic carbocycles. The third-order valence-corrected chi connectivity index (χ3v) is 7.17. The Bertz CT molecular complexity index is 1370. The largest absolute Gasteiger partial charge is 1.00 e. The van der Waals surface area contributed by atoms with Crippen molar-refractivity contribution in [1.82, 2.24) is 4.98 Å². The van der Waals surface area contributed by atoms with Gasteiger partial charge in [-0.3, -0.25) is 4.98 Å². The number of nitrogens with zero attached hydrogens (tertiary/aromatic N) is 1. The minimum Gasteiger partial charge on any atom is -0.790 e. The van der Waals surface area contributed by atoms with Gasteiger partial charge in [-0.15, -0.1) is 0 Å². The van der Waals surface area contributed by atoms with Gasteiger partial charge in [0.15, 0.2) is 0 Å². The van der Waals surface area contributed by atoms with E-state index in [1.807, 2.05) is 37.3 Å². The topological polar surface area (TPSA) is 113 Å². The van der Waals surface area contributed by atoms with Crippen LogP contribution < -0.4 is 69.1 Å².